The van der Waals surface area contributed by atoms with Crippen molar-refractivity contribution in [3.63, 3.8) is 0 Å². The maximum absolute atomic E-state index is 13.1. The van der Waals surface area contributed by atoms with E-state index in [0.717, 1.165) is 161 Å². The number of nitrogens with one attached hydrogen (secondary N) is 2. The van der Waals surface area contributed by atoms with Crippen molar-refractivity contribution in [2.24, 2.45) is 5.92 Å². The molecule has 0 saturated heterocycles. The van der Waals surface area contributed by atoms with E-state index in [4.69, 9.17) is 47.4 Å². The van der Waals surface area contributed by atoms with Crippen LogP contribution in [0.5, 0.6) is 0 Å². The van der Waals surface area contributed by atoms with Crippen molar-refractivity contribution in [1.82, 2.24) is 14.7 Å². The fourth-order valence-corrected chi connectivity index (χ4v) is 14.7. The molecule has 3 aliphatic carbocycles. The van der Waals surface area contributed by atoms with Crippen LogP contribution >= 0.6 is 0 Å². The minimum Gasteiger partial charge on any atom is -0.444 e. The number of rotatable bonds is 41. The summed E-state index contributed by atoms with van der Waals surface area (Å²) in [6.07, 6.45) is 36.2. The number of ether oxygens (including phenoxy) is 10. The molecule has 778 valence electrons. The number of nitrogens with zero attached hydrogens (tertiary/aromatic N) is 4. The molecule has 3 aromatic rings. The number of benzene rings is 3. The van der Waals surface area contributed by atoms with Crippen LogP contribution in [-0.2, 0) is 47.4 Å². The van der Waals surface area contributed by atoms with Crippen molar-refractivity contribution in [2.75, 3.05) is 35.2 Å². The molecular weight excluding hydrogens is 1730 g/mol. The van der Waals surface area contributed by atoms with Gasteiger partial charge in [0.25, 0.3) is 0 Å². The van der Waals surface area contributed by atoms with Crippen LogP contribution in [0.15, 0.2) is 91.0 Å². The van der Waals surface area contributed by atoms with E-state index in [1.807, 2.05) is 157 Å². The van der Waals surface area contributed by atoms with Crippen molar-refractivity contribution < 1.29 is 95.3 Å². The molecule has 0 heterocycles. The summed E-state index contributed by atoms with van der Waals surface area (Å²) in [7, 11) is 0. The van der Waals surface area contributed by atoms with Gasteiger partial charge < -0.3 is 47.4 Å². The summed E-state index contributed by atoms with van der Waals surface area (Å²) < 4.78 is 55.3. The molecular formula is C110H188N6O20. The molecule has 26 heteroatoms. The highest BCUT2D eigenvalue weighted by Gasteiger charge is 2.44. The number of amides is 10. The number of para-hydroxylation sites is 3. The predicted octanol–water partition coefficient (Wildman–Crippen LogP) is 33.1. The molecule has 6 rings (SSSR count). The molecule has 2 N–H and O–H groups in total. The average Bonchev–Trinajstić information content (AvgIpc) is 1.33. The zero-order valence-corrected chi connectivity index (χ0v) is 90.1. The number of carbonyl (C=O) groups is 10. The van der Waals surface area contributed by atoms with E-state index in [2.05, 4.69) is 45.3 Å². The van der Waals surface area contributed by atoms with E-state index in [1.165, 1.54) is 101 Å². The molecule has 3 aliphatic rings. The second-order valence-corrected chi connectivity index (χ2v) is 42.4. The third kappa shape index (κ3) is 55.7. The Labute approximate surface area is 822 Å². The second-order valence-electron chi connectivity index (χ2n) is 42.4. The van der Waals surface area contributed by atoms with E-state index >= 15 is 0 Å². The Hall–Kier alpha value is -8.84. The van der Waals surface area contributed by atoms with Gasteiger partial charge >= 0.3 is 60.9 Å². The first-order valence-electron chi connectivity index (χ1n) is 51.8. The van der Waals surface area contributed by atoms with Gasteiger partial charge in [-0.1, -0.05) is 252 Å². The number of unbranched alkanes of at least 4 members (excludes halogenated alkanes) is 18. The monoisotopic (exact) mass is 1910 g/mol. The summed E-state index contributed by atoms with van der Waals surface area (Å²) in [5, 5.41) is 5.41. The molecule has 0 unspecified atom stereocenters. The van der Waals surface area contributed by atoms with E-state index in [0.29, 0.717) is 56.9 Å². The van der Waals surface area contributed by atoms with Crippen LogP contribution in [0, 0.1) is 5.92 Å². The standard InChI is InChI=1S/C25H45NO4.C21H41NO4.C19H37NO4.C18H27NO4.C16H23NO2.C11H15NO2/c1-4-7-8-9-10-11-16-21-26(22(27)29-24(5-2)17-12-13-18-24)23(28)30-25(6-3)19-14-15-20-25;1-8-11-12-13-14-15-16-17-22(18(23)25-20(4,5)9-2)19(24)26-21(6,7)10-3;1-8-9-10-11-12-13-14-15-20(16(21)23-18(2,3)4)17(22)24-19(5,6)7;1-7-17(3,4)22-15(20)19(14-12-10-9-11-13-14)16(21)23-18(5,6)8-2;1-16(2,13-9-5-3-6-10-13)19-15(18)17-14-11-7-4-8-12-14;1-11(2,3)14-10(13)12-9-7-5-4-6-8-9/h4-21H2,1-3H3;8-17H2,1-7H3;8-15H2,1-7H3;9-13H,7-8H2,1-6H3;4,7-8,11-13H,3,5-6,9-10H2,1-2H3,(H,17,18);4-8H,1-3H3,(H,12,13). The fourth-order valence-electron chi connectivity index (χ4n) is 14.7. The number of imide groups is 4. The lowest BCUT2D eigenvalue weighted by atomic mass is 9.79. The van der Waals surface area contributed by atoms with Crippen LogP contribution in [0.1, 0.15) is 451 Å². The molecule has 0 aromatic heterocycles. The van der Waals surface area contributed by atoms with Gasteiger partial charge in [0, 0.05) is 31.0 Å². The minimum absolute atomic E-state index is 0.331. The molecule has 0 radical (unpaired) electrons. The van der Waals surface area contributed by atoms with Crippen molar-refractivity contribution in [3.8, 4) is 0 Å². The second kappa shape index (κ2) is 64.4. The molecule has 136 heavy (non-hydrogen) atoms. The lowest BCUT2D eigenvalue weighted by Gasteiger charge is -2.36. The molecule has 3 saturated carbocycles. The Balaban J connectivity index is 0.000000826. The summed E-state index contributed by atoms with van der Waals surface area (Å²) in [4.78, 5) is 129. The SMILES string of the molecule is CC(C)(C)OC(=O)Nc1ccccc1.CC(C)(OC(=O)Nc1ccccc1)C1CCCCC1.CCC(C)(C)OC(=O)N(C(=O)OC(C)(C)CC)c1ccccc1.CCCCCCCCCN(C(=O)OC(C)(C)C)C(=O)OC(C)(C)C.CCCCCCCCCN(C(=O)OC(C)(C)CC)C(=O)OC(C)(C)CC.CCCCCCCCCN(C(=O)OC1(CC)CCCC1)C(=O)OC1(CC)CCCC1. The van der Waals surface area contributed by atoms with Crippen molar-refractivity contribution in [3.05, 3.63) is 91.0 Å². The van der Waals surface area contributed by atoms with Gasteiger partial charge in [-0.2, -0.15) is 4.90 Å². The highest BCUT2D eigenvalue weighted by atomic mass is 16.6. The van der Waals surface area contributed by atoms with Gasteiger partial charge in [0.2, 0.25) is 0 Å². The lowest BCUT2D eigenvalue weighted by Crippen LogP contribution is -2.46. The summed E-state index contributed by atoms with van der Waals surface area (Å²) in [6, 6.07) is 27.3. The normalized spacial score (nSPS) is 14.2. The van der Waals surface area contributed by atoms with Gasteiger partial charge in [-0.25, -0.2) is 62.6 Å². The van der Waals surface area contributed by atoms with Crippen molar-refractivity contribution in [2.45, 2.75) is 507 Å². The maximum atomic E-state index is 13.1. The van der Waals surface area contributed by atoms with Gasteiger partial charge in [0.15, 0.2) is 0 Å². The van der Waals surface area contributed by atoms with Crippen molar-refractivity contribution >= 4 is 78.0 Å². The molecule has 3 fully saturated rings. The van der Waals surface area contributed by atoms with E-state index in [1.54, 1.807) is 93.5 Å². The summed E-state index contributed by atoms with van der Waals surface area (Å²) >= 11 is 0. The third-order valence-corrected chi connectivity index (χ3v) is 24.6. The molecule has 0 aliphatic heterocycles. The van der Waals surface area contributed by atoms with Crippen LogP contribution in [-0.4, -0.2) is 151 Å². The molecule has 0 bridgehead atoms. The van der Waals surface area contributed by atoms with E-state index in [-0.39, 0.29) is 11.7 Å². The van der Waals surface area contributed by atoms with Crippen molar-refractivity contribution in [1.29, 1.82) is 0 Å². The topological polar surface area (TPSA) is 300 Å². The van der Waals surface area contributed by atoms with Gasteiger partial charge in [-0.15, -0.1) is 0 Å². The van der Waals surface area contributed by atoms with Gasteiger partial charge in [0.1, 0.15) is 56.0 Å². The average molecular weight is 1910 g/mol. The first-order chi connectivity index (χ1) is 63.7. The van der Waals surface area contributed by atoms with E-state index < -0.39 is 105 Å². The summed E-state index contributed by atoms with van der Waals surface area (Å²) in [5.41, 5.74) is -3.53. The number of carbonyl (C=O) groups excluding carboxylic acids is 10. The van der Waals surface area contributed by atoms with Crippen LogP contribution < -0.4 is 15.5 Å². The molecule has 26 nitrogen and oxygen atoms in total. The van der Waals surface area contributed by atoms with Gasteiger partial charge in [0.05, 0.1) is 5.69 Å². The Morgan fingerprint density at radius 2 is 0.551 bits per heavy atom. The first-order valence-corrected chi connectivity index (χ1v) is 51.8. The minimum atomic E-state index is -0.736. The summed E-state index contributed by atoms with van der Waals surface area (Å²) in [6.45, 7) is 54.4. The Morgan fingerprint density at radius 3 is 0.831 bits per heavy atom. The van der Waals surface area contributed by atoms with Crippen LogP contribution in [0.3, 0.4) is 0 Å². The molecule has 0 spiro atoms. The zero-order valence-electron chi connectivity index (χ0n) is 90.1. The largest absolute Gasteiger partial charge is 0.444 e. The maximum Gasteiger partial charge on any atom is 0.424 e. The van der Waals surface area contributed by atoms with Crippen LogP contribution in [0.2, 0.25) is 0 Å². The number of hydrogen-bond donors (Lipinski definition) is 2. The predicted molar refractivity (Wildman–Crippen MR) is 548 cm³/mol. The molecule has 0 atom stereocenters. The van der Waals surface area contributed by atoms with Gasteiger partial charge in [-0.05, 0) is 296 Å². The fraction of sp³-hybridized carbons (Fsp3) is 0.745. The van der Waals surface area contributed by atoms with Gasteiger partial charge in [-0.3, -0.25) is 10.6 Å². The zero-order chi connectivity index (χ0) is 103. The number of anilines is 3. The van der Waals surface area contributed by atoms with E-state index in [9.17, 15) is 47.9 Å². The van der Waals surface area contributed by atoms with Crippen LogP contribution in [0.4, 0.5) is 65.0 Å². The first kappa shape index (κ1) is 125. The smallest absolute Gasteiger partial charge is 0.424 e. The summed E-state index contributed by atoms with van der Waals surface area (Å²) in [5.74, 6) is 0.475. The molecule has 10 amide bonds. The number of hydrogen-bond acceptors (Lipinski definition) is 20. The Bertz CT molecular complexity index is 3710. The third-order valence-electron chi connectivity index (χ3n) is 24.6. The molecule has 3 aromatic carbocycles. The lowest BCUT2D eigenvalue weighted by molar-refractivity contribution is -0.0300. The highest BCUT2D eigenvalue weighted by molar-refractivity contribution is 6.09. The quantitative estimate of drug-likeness (QED) is 0.0394. The Kier molecular flexibility index (Phi) is 59.3. The Morgan fingerprint density at radius 1 is 0.294 bits per heavy atom. The highest BCUT2D eigenvalue weighted by Crippen LogP contribution is 2.40. The van der Waals surface area contributed by atoms with Crippen LogP contribution in [0.25, 0.3) is 0 Å².